The highest BCUT2D eigenvalue weighted by Crippen LogP contribution is 2.19. The van der Waals surface area contributed by atoms with E-state index < -0.39 is 11.8 Å². The minimum absolute atomic E-state index is 0.217. The first-order valence-corrected chi connectivity index (χ1v) is 6.94. The molecule has 110 valence electrons. The van der Waals surface area contributed by atoms with E-state index >= 15 is 0 Å². The Morgan fingerprint density at radius 2 is 1.90 bits per heavy atom. The zero-order valence-corrected chi connectivity index (χ0v) is 12.4. The molecule has 0 heterocycles. The van der Waals surface area contributed by atoms with Crippen LogP contribution in [0.15, 0.2) is 18.2 Å². The van der Waals surface area contributed by atoms with Gasteiger partial charge in [0.25, 0.3) is 0 Å². The van der Waals surface area contributed by atoms with Crippen molar-refractivity contribution in [3.8, 4) is 5.75 Å². The van der Waals surface area contributed by atoms with Gasteiger partial charge in [0.2, 0.25) is 5.78 Å². The third-order valence-corrected chi connectivity index (χ3v) is 2.89. The number of carbonyl (C=O) groups is 2. The maximum Gasteiger partial charge on any atom is 0.374 e. The average Bonchev–Trinajstić information content (AvgIpc) is 2.40. The molecule has 0 aliphatic heterocycles. The molecule has 0 saturated heterocycles. The van der Waals surface area contributed by atoms with E-state index in [1.54, 1.807) is 6.92 Å². The number of Topliss-reactive ketones (excluding diaryl/α,β-unsaturated/α-hetero) is 1. The summed E-state index contributed by atoms with van der Waals surface area (Å²) >= 11 is 0. The number of carbonyl (C=O) groups excluding carboxylic acids is 2. The van der Waals surface area contributed by atoms with Crippen LogP contribution in [0.4, 0.5) is 0 Å². The van der Waals surface area contributed by atoms with Gasteiger partial charge in [-0.05, 0) is 45.2 Å². The van der Waals surface area contributed by atoms with Gasteiger partial charge >= 0.3 is 5.97 Å². The number of esters is 1. The molecule has 20 heavy (non-hydrogen) atoms. The summed E-state index contributed by atoms with van der Waals surface area (Å²) in [6.45, 7) is 6.51. The standard InChI is InChI=1S/C16H22O4/c1-4-19-16(18)14(17)7-5-6-10-20-15-9-8-12(2)11-13(15)3/h8-9,11H,4-7,10H2,1-3H3. The van der Waals surface area contributed by atoms with Crippen LogP contribution in [0.1, 0.15) is 37.3 Å². The molecule has 0 unspecified atom stereocenters. The fourth-order valence-electron chi connectivity index (χ4n) is 1.84. The summed E-state index contributed by atoms with van der Waals surface area (Å²) in [6.07, 6.45) is 1.58. The molecule has 1 aromatic carbocycles. The third kappa shape index (κ3) is 5.43. The molecule has 1 aromatic rings. The molecule has 0 saturated carbocycles. The molecular weight excluding hydrogens is 256 g/mol. The zero-order valence-electron chi connectivity index (χ0n) is 12.4. The van der Waals surface area contributed by atoms with Gasteiger partial charge < -0.3 is 9.47 Å². The molecule has 0 aromatic heterocycles. The second-order valence-electron chi connectivity index (χ2n) is 4.72. The highest BCUT2D eigenvalue weighted by Gasteiger charge is 2.13. The van der Waals surface area contributed by atoms with E-state index in [0.717, 1.165) is 17.7 Å². The second kappa shape index (κ2) is 8.35. The topological polar surface area (TPSA) is 52.6 Å². The third-order valence-electron chi connectivity index (χ3n) is 2.89. The molecular formula is C16H22O4. The predicted molar refractivity (Wildman–Crippen MR) is 76.9 cm³/mol. The van der Waals surface area contributed by atoms with Crippen LogP contribution in [0.2, 0.25) is 0 Å². The first-order chi connectivity index (χ1) is 9.54. The largest absolute Gasteiger partial charge is 0.493 e. The maximum atomic E-state index is 11.3. The van der Waals surface area contributed by atoms with Gasteiger partial charge in [0, 0.05) is 6.42 Å². The normalized spacial score (nSPS) is 10.2. The van der Waals surface area contributed by atoms with Gasteiger partial charge in [0.05, 0.1) is 13.2 Å². The Morgan fingerprint density at radius 1 is 1.15 bits per heavy atom. The molecule has 0 amide bonds. The lowest BCUT2D eigenvalue weighted by Crippen LogP contribution is -2.17. The predicted octanol–water partition coefficient (Wildman–Crippen LogP) is 2.98. The van der Waals surface area contributed by atoms with E-state index in [9.17, 15) is 9.59 Å². The Kier molecular flexibility index (Phi) is 6.77. The summed E-state index contributed by atoms with van der Waals surface area (Å²) in [5.74, 6) is -0.325. The van der Waals surface area contributed by atoms with Crippen molar-refractivity contribution in [1.29, 1.82) is 0 Å². The first kappa shape index (κ1) is 16.2. The number of aryl methyl sites for hydroxylation is 2. The fourth-order valence-corrected chi connectivity index (χ4v) is 1.84. The summed E-state index contributed by atoms with van der Waals surface area (Å²) in [7, 11) is 0. The Labute approximate surface area is 120 Å². The maximum absolute atomic E-state index is 11.3. The van der Waals surface area contributed by atoms with Crippen LogP contribution in [-0.4, -0.2) is 25.0 Å². The van der Waals surface area contributed by atoms with Crippen molar-refractivity contribution in [1.82, 2.24) is 0 Å². The number of hydrogen-bond donors (Lipinski definition) is 0. The SMILES string of the molecule is CCOC(=O)C(=O)CCCCOc1ccc(C)cc1C. The van der Waals surface area contributed by atoms with Gasteiger partial charge in [0.1, 0.15) is 5.75 Å². The monoisotopic (exact) mass is 278 g/mol. The number of rotatable bonds is 8. The number of ether oxygens (including phenoxy) is 2. The van der Waals surface area contributed by atoms with Crippen molar-refractivity contribution in [3.63, 3.8) is 0 Å². The van der Waals surface area contributed by atoms with E-state index in [4.69, 9.17) is 4.74 Å². The van der Waals surface area contributed by atoms with Gasteiger partial charge in [-0.15, -0.1) is 0 Å². The minimum atomic E-state index is -0.734. The minimum Gasteiger partial charge on any atom is -0.493 e. The van der Waals surface area contributed by atoms with Gasteiger partial charge in [-0.1, -0.05) is 17.7 Å². The van der Waals surface area contributed by atoms with E-state index in [1.165, 1.54) is 5.56 Å². The lowest BCUT2D eigenvalue weighted by molar-refractivity contribution is -0.153. The lowest BCUT2D eigenvalue weighted by atomic mass is 10.1. The van der Waals surface area contributed by atoms with E-state index in [-0.39, 0.29) is 13.0 Å². The summed E-state index contributed by atoms with van der Waals surface area (Å²) in [5, 5.41) is 0. The Bertz CT molecular complexity index is 466. The number of hydrogen-bond acceptors (Lipinski definition) is 4. The van der Waals surface area contributed by atoms with E-state index in [2.05, 4.69) is 10.8 Å². The quantitative estimate of drug-likeness (QED) is 0.417. The van der Waals surface area contributed by atoms with Gasteiger partial charge in [0.15, 0.2) is 0 Å². The van der Waals surface area contributed by atoms with Crippen LogP contribution in [0.25, 0.3) is 0 Å². The molecule has 0 N–H and O–H groups in total. The molecule has 0 aliphatic carbocycles. The number of benzene rings is 1. The summed E-state index contributed by atoms with van der Waals surface area (Å²) in [5.41, 5.74) is 2.31. The molecule has 0 spiro atoms. The second-order valence-corrected chi connectivity index (χ2v) is 4.72. The van der Waals surface area contributed by atoms with Crippen molar-refractivity contribution in [2.75, 3.05) is 13.2 Å². The van der Waals surface area contributed by atoms with Crippen LogP contribution in [0.5, 0.6) is 5.75 Å². The Hall–Kier alpha value is -1.84. The van der Waals surface area contributed by atoms with Crippen molar-refractivity contribution in [2.24, 2.45) is 0 Å². The van der Waals surface area contributed by atoms with Gasteiger partial charge in [-0.3, -0.25) is 4.79 Å². The summed E-state index contributed by atoms with van der Waals surface area (Å²) in [6, 6.07) is 6.03. The van der Waals surface area contributed by atoms with Crippen LogP contribution in [0, 0.1) is 13.8 Å². The molecule has 4 heteroatoms. The van der Waals surface area contributed by atoms with E-state index in [0.29, 0.717) is 13.0 Å². The molecule has 0 aliphatic rings. The molecule has 0 bridgehead atoms. The van der Waals surface area contributed by atoms with Crippen LogP contribution in [0.3, 0.4) is 0 Å². The molecule has 0 fully saturated rings. The lowest BCUT2D eigenvalue weighted by Gasteiger charge is -2.09. The Balaban J connectivity index is 2.22. The smallest absolute Gasteiger partial charge is 0.374 e. The van der Waals surface area contributed by atoms with Crippen LogP contribution >= 0.6 is 0 Å². The highest BCUT2D eigenvalue weighted by molar-refractivity contribution is 6.33. The van der Waals surface area contributed by atoms with Crippen molar-refractivity contribution in [3.05, 3.63) is 29.3 Å². The zero-order chi connectivity index (χ0) is 15.0. The first-order valence-electron chi connectivity index (χ1n) is 6.94. The fraction of sp³-hybridized carbons (Fsp3) is 0.500. The molecule has 4 nitrogen and oxygen atoms in total. The van der Waals surface area contributed by atoms with Crippen LogP contribution in [-0.2, 0) is 14.3 Å². The van der Waals surface area contributed by atoms with E-state index in [1.807, 2.05) is 26.0 Å². The van der Waals surface area contributed by atoms with Crippen LogP contribution < -0.4 is 4.74 Å². The highest BCUT2D eigenvalue weighted by atomic mass is 16.5. The van der Waals surface area contributed by atoms with Crippen molar-refractivity contribution >= 4 is 11.8 Å². The molecule has 0 atom stereocenters. The summed E-state index contributed by atoms with van der Waals surface area (Å²) in [4.78, 5) is 22.4. The molecule has 1 rings (SSSR count). The number of ketones is 1. The van der Waals surface area contributed by atoms with Crippen molar-refractivity contribution in [2.45, 2.75) is 40.0 Å². The number of unbranched alkanes of at least 4 members (excludes halogenated alkanes) is 1. The van der Waals surface area contributed by atoms with Crippen molar-refractivity contribution < 1.29 is 19.1 Å². The summed E-state index contributed by atoms with van der Waals surface area (Å²) < 4.78 is 10.3. The Morgan fingerprint density at radius 3 is 2.55 bits per heavy atom. The average molecular weight is 278 g/mol. The van der Waals surface area contributed by atoms with Gasteiger partial charge in [-0.2, -0.15) is 0 Å². The van der Waals surface area contributed by atoms with Gasteiger partial charge in [-0.25, -0.2) is 4.79 Å². The molecule has 0 radical (unpaired) electrons.